The topological polar surface area (TPSA) is 56.7 Å². The molecule has 0 saturated carbocycles. The molecular weight excluding hydrogens is 841 g/mol. The molecule has 5 heteroatoms. The maximum absolute atomic E-state index is 6.37. The maximum Gasteiger partial charge on any atom is 0.164 e. The van der Waals surface area contributed by atoms with Crippen LogP contribution in [0.4, 0.5) is 0 Å². The minimum atomic E-state index is -0.427. The minimum Gasteiger partial charge on any atom is -0.456 e. The van der Waals surface area contributed by atoms with Gasteiger partial charge in [0.25, 0.3) is 0 Å². The first-order valence-electron chi connectivity index (χ1n) is 23.8. The van der Waals surface area contributed by atoms with Gasteiger partial charge in [-0.05, 0) is 111 Å². The summed E-state index contributed by atoms with van der Waals surface area (Å²) in [6.07, 6.45) is 9.70. The molecule has 3 aliphatic rings. The standard InChI is InChI=1S/C64H40N4O/c1-2-16-39(17-3-1)40-18-14-19-41(34-40)61-65-62(67-63(66-61)43-32-33-50-49-26-8-13-31-59(49)69-60(50)36-43)42-20-15-21-44(35-42)68-57-30-12-7-25-48(57)52-37-56-51(38-58(52)68)47-24-6-11-29-55(47)64(56)53-27-9-4-22-45(53)46-23-5-10-28-54(46)64/h1-16,18-39H,17H2. The lowest BCUT2D eigenvalue weighted by Gasteiger charge is -2.30. The van der Waals surface area contributed by atoms with Gasteiger partial charge in [-0.15, -0.1) is 0 Å². The maximum atomic E-state index is 6.37. The van der Waals surface area contributed by atoms with Crippen LogP contribution in [0.25, 0.3) is 106 Å². The zero-order chi connectivity index (χ0) is 45.2. The van der Waals surface area contributed by atoms with Crippen molar-refractivity contribution >= 4 is 43.7 Å². The number of benzene rings is 9. The summed E-state index contributed by atoms with van der Waals surface area (Å²) in [7, 11) is 0. The van der Waals surface area contributed by atoms with E-state index in [0.29, 0.717) is 23.4 Å². The van der Waals surface area contributed by atoms with Gasteiger partial charge < -0.3 is 8.98 Å². The molecule has 9 aromatic carbocycles. The zero-order valence-electron chi connectivity index (χ0n) is 37.3. The van der Waals surface area contributed by atoms with E-state index >= 15 is 0 Å². The first-order chi connectivity index (χ1) is 34.2. The second-order valence-electron chi connectivity index (χ2n) is 18.6. The van der Waals surface area contributed by atoms with Crippen LogP contribution in [-0.4, -0.2) is 19.5 Å². The molecule has 322 valence electrons. The van der Waals surface area contributed by atoms with Crippen LogP contribution < -0.4 is 0 Å². The van der Waals surface area contributed by atoms with E-state index in [4.69, 9.17) is 19.4 Å². The minimum absolute atomic E-state index is 0.291. The van der Waals surface area contributed by atoms with Gasteiger partial charge >= 0.3 is 0 Å². The summed E-state index contributed by atoms with van der Waals surface area (Å²) < 4.78 is 8.80. The van der Waals surface area contributed by atoms with Crippen LogP contribution in [0.1, 0.15) is 40.2 Å². The predicted octanol–water partition coefficient (Wildman–Crippen LogP) is 15.8. The normalized spacial score (nSPS) is 15.0. The molecule has 3 aliphatic carbocycles. The molecule has 5 nitrogen and oxygen atoms in total. The molecule has 12 aromatic rings. The van der Waals surface area contributed by atoms with Gasteiger partial charge in [0.2, 0.25) is 0 Å². The molecule has 1 unspecified atom stereocenters. The highest BCUT2D eigenvalue weighted by atomic mass is 16.3. The first kappa shape index (κ1) is 38.2. The van der Waals surface area contributed by atoms with Gasteiger partial charge in [-0.25, -0.2) is 15.0 Å². The van der Waals surface area contributed by atoms with E-state index in [9.17, 15) is 0 Å². The second-order valence-corrected chi connectivity index (χ2v) is 18.6. The Labute approximate surface area is 398 Å². The number of nitrogens with zero attached hydrogens (tertiary/aromatic N) is 4. The van der Waals surface area contributed by atoms with E-state index in [1.54, 1.807) is 0 Å². The lowest BCUT2D eigenvalue weighted by atomic mass is 9.70. The fourth-order valence-electron chi connectivity index (χ4n) is 12.0. The van der Waals surface area contributed by atoms with Crippen molar-refractivity contribution in [3.8, 4) is 62.1 Å². The van der Waals surface area contributed by atoms with E-state index in [-0.39, 0.29) is 0 Å². The van der Waals surface area contributed by atoms with Crippen molar-refractivity contribution in [1.82, 2.24) is 19.5 Å². The summed E-state index contributed by atoms with van der Waals surface area (Å²) in [5.74, 6) is 2.10. The number of allylic oxidation sites excluding steroid dienone is 4. The average molecular weight is 881 g/mol. The van der Waals surface area contributed by atoms with Crippen LogP contribution in [0.5, 0.6) is 0 Å². The van der Waals surface area contributed by atoms with E-state index in [2.05, 4.69) is 211 Å². The van der Waals surface area contributed by atoms with Crippen LogP contribution >= 0.6 is 0 Å². The molecule has 15 rings (SSSR count). The van der Waals surface area contributed by atoms with Crippen LogP contribution in [0, 0.1) is 0 Å². The summed E-state index contributed by atoms with van der Waals surface area (Å²) in [5.41, 5.74) is 19.0. The van der Waals surface area contributed by atoms with Gasteiger partial charge in [-0.3, -0.25) is 0 Å². The summed E-state index contributed by atoms with van der Waals surface area (Å²) in [5, 5.41) is 4.58. The van der Waals surface area contributed by atoms with Crippen LogP contribution in [0.2, 0.25) is 0 Å². The van der Waals surface area contributed by atoms with E-state index in [1.807, 2.05) is 18.2 Å². The molecule has 0 N–H and O–H groups in total. The highest BCUT2D eigenvalue weighted by Crippen LogP contribution is 2.63. The number of aromatic nitrogens is 4. The Balaban J connectivity index is 0.926. The molecule has 0 bridgehead atoms. The van der Waals surface area contributed by atoms with Gasteiger partial charge in [0, 0.05) is 49.8 Å². The van der Waals surface area contributed by atoms with Crippen molar-refractivity contribution in [2.24, 2.45) is 0 Å². The van der Waals surface area contributed by atoms with Crippen LogP contribution in [0.15, 0.2) is 229 Å². The molecule has 0 aliphatic heterocycles. The van der Waals surface area contributed by atoms with Crippen LogP contribution in [0.3, 0.4) is 0 Å². The fraction of sp³-hybridized carbons (Fsp3) is 0.0469. The van der Waals surface area contributed by atoms with Crippen molar-refractivity contribution < 1.29 is 4.42 Å². The van der Waals surface area contributed by atoms with Gasteiger partial charge in [0.05, 0.1) is 16.4 Å². The average Bonchev–Trinajstić information content (AvgIpc) is 4.14. The molecule has 0 radical (unpaired) electrons. The largest absolute Gasteiger partial charge is 0.456 e. The predicted molar refractivity (Wildman–Crippen MR) is 280 cm³/mol. The monoisotopic (exact) mass is 880 g/mol. The molecule has 0 fully saturated rings. The highest BCUT2D eigenvalue weighted by Gasteiger charge is 2.51. The van der Waals surface area contributed by atoms with Crippen molar-refractivity contribution in [1.29, 1.82) is 0 Å². The number of furan rings is 1. The molecule has 3 heterocycles. The Morgan fingerprint density at radius 1 is 0.420 bits per heavy atom. The van der Waals surface area contributed by atoms with Crippen molar-refractivity contribution in [3.63, 3.8) is 0 Å². The molecular formula is C64H40N4O. The fourth-order valence-corrected chi connectivity index (χ4v) is 12.0. The number of hydrogen-bond donors (Lipinski definition) is 0. The lowest BCUT2D eigenvalue weighted by Crippen LogP contribution is -2.25. The van der Waals surface area contributed by atoms with Crippen LogP contribution in [-0.2, 0) is 5.41 Å². The third kappa shape index (κ3) is 5.50. The van der Waals surface area contributed by atoms with Gasteiger partial charge in [0.15, 0.2) is 17.5 Å². The van der Waals surface area contributed by atoms with E-state index in [0.717, 1.165) is 61.8 Å². The smallest absolute Gasteiger partial charge is 0.164 e. The van der Waals surface area contributed by atoms with Crippen molar-refractivity contribution in [2.45, 2.75) is 17.8 Å². The summed E-state index contributed by atoms with van der Waals surface area (Å²) in [4.78, 5) is 15.8. The van der Waals surface area contributed by atoms with Crippen molar-refractivity contribution in [3.05, 3.63) is 252 Å². The molecule has 1 spiro atoms. The lowest BCUT2D eigenvalue weighted by molar-refractivity contribution is 0.669. The Morgan fingerprint density at radius 3 is 1.75 bits per heavy atom. The Hall–Kier alpha value is -8.93. The molecule has 0 saturated heterocycles. The third-order valence-electron chi connectivity index (χ3n) is 15.0. The molecule has 69 heavy (non-hydrogen) atoms. The number of rotatable bonds is 5. The first-order valence-corrected chi connectivity index (χ1v) is 23.8. The number of hydrogen-bond acceptors (Lipinski definition) is 4. The van der Waals surface area contributed by atoms with E-state index < -0.39 is 5.41 Å². The Kier molecular flexibility index (Phi) is 8.05. The molecule has 3 aromatic heterocycles. The summed E-state index contributed by atoms with van der Waals surface area (Å²) in [6, 6.07) is 72.6. The highest BCUT2D eigenvalue weighted by molar-refractivity contribution is 6.12. The number of fused-ring (bicyclic) bond motifs is 16. The second kappa shape index (κ2) is 14.5. The molecule has 0 amide bonds. The van der Waals surface area contributed by atoms with E-state index in [1.165, 1.54) is 60.8 Å². The quantitative estimate of drug-likeness (QED) is 0.173. The summed E-state index contributed by atoms with van der Waals surface area (Å²) in [6.45, 7) is 0. The van der Waals surface area contributed by atoms with Gasteiger partial charge in [-0.2, -0.15) is 0 Å². The van der Waals surface area contributed by atoms with Gasteiger partial charge in [0.1, 0.15) is 11.2 Å². The molecule has 1 atom stereocenters. The number of para-hydroxylation sites is 2. The third-order valence-corrected chi connectivity index (χ3v) is 15.0. The van der Waals surface area contributed by atoms with Gasteiger partial charge in [-0.1, -0.05) is 170 Å². The van der Waals surface area contributed by atoms with Crippen molar-refractivity contribution in [2.75, 3.05) is 0 Å². The zero-order valence-corrected chi connectivity index (χ0v) is 37.3. The Bertz CT molecular complexity index is 4160. The summed E-state index contributed by atoms with van der Waals surface area (Å²) >= 11 is 0. The SMILES string of the molecule is C1=CCC(c2cccc(-c3nc(-c4cccc(-n5c6ccccc6c6cc7c(cc65)-c5ccccc5C75c6ccccc6-c6ccccc65)c4)nc(-c4ccc5c(c4)oc4ccccc45)n3)c2)C=C1. The Morgan fingerprint density at radius 2 is 1.03 bits per heavy atom.